The number of carbonyl (C=O) groups is 1. The number of piperidine rings is 1. The van der Waals surface area contributed by atoms with Crippen molar-refractivity contribution >= 4 is 5.91 Å². The minimum absolute atomic E-state index is 0.0583. The Balaban J connectivity index is 1.90. The van der Waals surface area contributed by atoms with Gasteiger partial charge in [-0.3, -0.25) is 4.79 Å². The molecule has 0 bridgehead atoms. The molecule has 3 nitrogen and oxygen atoms in total. The van der Waals surface area contributed by atoms with Gasteiger partial charge in [0.2, 0.25) is 0 Å². The van der Waals surface area contributed by atoms with E-state index in [0.29, 0.717) is 17.4 Å². The minimum atomic E-state index is -0.0787. The van der Waals surface area contributed by atoms with Gasteiger partial charge in [0, 0.05) is 12.5 Å². The van der Waals surface area contributed by atoms with Crippen LogP contribution in [-0.2, 0) is 0 Å². The van der Waals surface area contributed by atoms with Crippen LogP contribution in [0.25, 0.3) is 0 Å². The summed E-state index contributed by atoms with van der Waals surface area (Å²) in [6, 6.07) is 6.88. The van der Waals surface area contributed by atoms with Gasteiger partial charge in [-0.05, 0) is 24.5 Å². The van der Waals surface area contributed by atoms with Crippen molar-refractivity contribution in [2.24, 2.45) is 11.8 Å². The molecule has 0 spiro atoms. The van der Waals surface area contributed by atoms with Crippen LogP contribution < -0.4 is 0 Å². The highest BCUT2D eigenvalue weighted by Gasteiger charge is 2.36. The molecular weight excluding hydrogens is 250 g/mol. The summed E-state index contributed by atoms with van der Waals surface area (Å²) in [6.07, 6.45) is 9.35. The van der Waals surface area contributed by atoms with E-state index in [1.165, 1.54) is 0 Å². The van der Waals surface area contributed by atoms with E-state index in [2.05, 4.69) is 25.2 Å². The van der Waals surface area contributed by atoms with Gasteiger partial charge in [0.15, 0.2) is 0 Å². The molecule has 0 radical (unpaired) electrons. The molecule has 1 heterocycles. The fraction of sp³-hybridized carbons (Fsp3) is 0.353. The molecule has 1 aromatic rings. The Kier molecular flexibility index (Phi) is 3.35. The Morgan fingerprint density at radius 3 is 2.80 bits per heavy atom. The first-order valence-electron chi connectivity index (χ1n) is 7.12. The number of fused-ring (bicyclic) bond motifs is 1. The Morgan fingerprint density at radius 1 is 1.25 bits per heavy atom. The number of carbonyl (C=O) groups excluding carboxylic acids is 1. The molecule has 0 aromatic heterocycles. The number of phenols is 1. The average Bonchev–Trinajstić information content (AvgIpc) is 2.48. The second kappa shape index (κ2) is 5.16. The fourth-order valence-corrected chi connectivity index (χ4v) is 3.18. The lowest BCUT2D eigenvalue weighted by Gasteiger charge is -2.43. The van der Waals surface area contributed by atoms with E-state index >= 15 is 0 Å². The molecule has 1 aromatic carbocycles. The summed E-state index contributed by atoms with van der Waals surface area (Å²) < 4.78 is 0. The molecule has 0 unspecified atom stereocenters. The zero-order chi connectivity index (χ0) is 14.1. The third-order valence-electron chi connectivity index (χ3n) is 4.38. The van der Waals surface area contributed by atoms with E-state index in [4.69, 9.17) is 0 Å². The molecule has 1 saturated heterocycles. The zero-order valence-corrected chi connectivity index (χ0v) is 11.6. The molecule has 3 heteroatoms. The lowest BCUT2D eigenvalue weighted by atomic mass is 9.78. The number of hydrogen-bond donors (Lipinski definition) is 1. The topological polar surface area (TPSA) is 40.5 Å². The van der Waals surface area contributed by atoms with Gasteiger partial charge < -0.3 is 10.0 Å². The van der Waals surface area contributed by atoms with Gasteiger partial charge in [-0.15, -0.1) is 0 Å². The predicted molar refractivity (Wildman–Crippen MR) is 78.5 cm³/mol. The first-order chi connectivity index (χ1) is 9.68. The van der Waals surface area contributed by atoms with Crippen molar-refractivity contribution < 1.29 is 9.90 Å². The summed E-state index contributed by atoms with van der Waals surface area (Å²) in [5.74, 6) is 0.936. The number of rotatable bonds is 1. The zero-order valence-electron chi connectivity index (χ0n) is 11.6. The predicted octanol–water partition coefficient (Wildman–Crippen LogP) is 2.99. The Hall–Kier alpha value is -2.03. The molecular formula is C17H19NO2. The van der Waals surface area contributed by atoms with E-state index < -0.39 is 0 Å². The number of allylic oxidation sites excluding steroid dienone is 2. The smallest absolute Gasteiger partial charge is 0.258 e. The third-order valence-corrected chi connectivity index (χ3v) is 4.38. The SMILES string of the molecule is C[C@@H]1CCN(C(=O)c2ccccc2O)[C@H]2C=CC=C[C@@H]12. The third kappa shape index (κ3) is 2.13. The maximum absolute atomic E-state index is 12.7. The summed E-state index contributed by atoms with van der Waals surface area (Å²) in [7, 11) is 0. The van der Waals surface area contributed by atoms with E-state index in [-0.39, 0.29) is 17.7 Å². The van der Waals surface area contributed by atoms with E-state index in [1.807, 2.05) is 11.0 Å². The highest BCUT2D eigenvalue weighted by atomic mass is 16.3. The van der Waals surface area contributed by atoms with E-state index in [9.17, 15) is 9.90 Å². The van der Waals surface area contributed by atoms with E-state index in [0.717, 1.165) is 13.0 Å². The van der Waals surface area contributed by atoms with Crippen molar-refractivity contribution in [2.45, 2.75) is 19.4 Å². The highest BCUT2D eigenvalue weighted by molar-refractivity contribution is 5.97. The van der Waals surface area contributed by atoms with Gasteiger partial charge in [0.1, 0.15) is 5.75 Å². The maximum atomic E-state index is 12.7. The first-order valence-corrected chi connectivity index (χ1v) is 7.12. The Bertz CT molecular complexity index is 576. The van der Waals surface area contributed by atoms with E-state index in [1.54, 1.807) is 24.3 Å². The van der Waals surface area contributed by atoms with Gasteiger partial charge in [-0.25, -0.2) is 0 Å². The summed E-state index contributed by atoms with van der Waals surface area (Å²) in [6.45, 7) is 2.98. The summed E-state index contributed by atoms with van der Waals surface area (Å²) in [4.78, 5) is 14.6. The second-order valence-corrected chi connectivity index (χ2v) is 5.62. The lowest BCUT2D eigenvalue weighted by Crippen LogP contribution is -2.50. The van der Waals surface area contributed by atoms with Crippen molar-refractivity contribution in [3.8, 4) is 5.75 Å². The van der Waals surface area contributed by atoms with Crippen LogP contribution in [-0.4, -0.2) is 28.5 Å². The van der Waals surface area contributed by atoms with Crippen LogP contribution >= 0.6 is 0 Å². The number of phenolic OH excluding ortho intramolecular Hbond substituents is 1. The summed E-state index contributed by atoms with van der Waals surface area (Å²) in [5.41, 5.74) is 0.392. The Labute approximate surface area is 119 Å². The molecule has 20 heavy (non-hydrogen) atoms. The standard InChI is InChI=1S/C17H19NO2/c1-12-10-11-18(15-8-4-2-6-13(12)15)17(20)14-7-3-5-9-16(14)19/h2-9,12-13,15,19H,10-11H2,1H3/t12-,13+,15+/m1/s1. The molecule has 1 aliphatic heterocycles. The Morgan fingerprint density at radius 2 is 2.00 bits per heavy atom. The number of likely N-dealkylation sites (tertiary alicyclic amines) is 1. The number of amides is 1. The average molecular weight is 269 g/mol. The fourth-order valence-electron chi connectivity index (χ4n) is 3.18. The number of para-hydroxylation sites is 1. The maximum Gasteiger partial charge on any atom is 0.258 e. The normalized spacial score (nSPS) is 28.2. The van der Waals surface area contributed by atoms with Crippen molar-refractivity contribution in [2.75, 3.05) is 6.54 Å². The van der Waals surface area contributed by atoms with Crippen LogP contribution in [0.4, 0.5) is 0 Å². The van der Waals surface area contributed by atoms with Crippen LogP contribution in [0.15, 0.2) is 48.6 Å². The second-order valence-electron chi connectivity index (χ2n) is 5.62. The molecule has 1 amide bonds. The van der Waals surface area contributed by atoms with Crippen LogP contribution in [0.1, 0.15) is 23.7 Å². The molecule has 104 valence electrons. The molecule has 1 aliphatic carbocycles. The molecule has 3 atom stereocenters. The number of aromatic hydroxyl groups is 1. The minimum Gasteiger partial charge on any atom is -0.507 e. The summed E-state index contributed by atoms with van der Waals surface area (Å²) >= 11 is 0. The van der Waals surface area contributed by atoms with Crippen LogP contribution in [0.5, 0.6) is 5.75 Å². The molecule has 3 rings (SSSR count). The van der Waals surface area contributed by atoms with Gasteiger partial charge >= 0.3 is 0 Å². The van der Waals surface area contributed by atoms with Gasteiger partial charge in [-0.1, -0.05) is 43.4 Å². The highest BCUT2D eigenvalue weighted by Crippen LogP contribution is 2.34. The van der Waals surface area contributed by atoms with Crippen molar-refractivity contribution in [1.82, 2.24) is 4.90 Å². The lowest BCUT2D eigenvalue weighted by molar-refractivity contribution is 0.0539. The molecule has 2 aliphatic rings. The van der Waals surface area contributed by atoms with Crippen LogP contribution in [0.3, 0.4) is 0 Å². The van der Waals surface area contributed by atoms with Crippen LogP contribution in [0.2, 0.25) is 0 Å². The van der Waals surface area contributed by atoms with Crippen molar-refractivity contribution in [3.05, 3.63) is 54.1 Å². The monoisotopic (exact) mass is 269 g/mol. The number of nitrogens with zero attached hydrogens (tertiary/aromatic N) is 1. The van der Waals surface area contributed by atoms with Crippen molar-refractivity contribution in [1.29, 1.82) is 0 Å². The number of benzene rings is 1. The molecule has 0 saturated carbocycles. The molecule has 1 fully saturated rings. The van der Waals surface area contributed by atoms with Crippen LogP contribution in [0, 0.1) is 11.8 Å². The first kappa shape index (κ1) is 13.0. The van der Waals surface area contributed by atoms with Gasteiger partial charge in [0.25, 0.3) is 5.91 Å². The summed E-state index contributed by atoms with van der Waals surface area (Å²) in [5, 5.41) is 9.88. The van der Waals surface area contributed by atoms with Gasteiger partial charge in [0.05, 0.1) is 11.6 Å². The quantitative estimate of drug-likeness (QED) is 0.851. The van der Waals surface area contributed by atoms with Crippen molar-refractivity contribution in [3.63, 3.8) is 0 Å². The molecule has 1 N–H and O–H groups in total. The largest absolute Gasteiger partial charge is 0.507 e. The number of hydrogen-bond acceptors (Lipinski definition) is 2. The van der Waals surface area contributed by atoms with Gasteiger partial charge in [-0.2, -0.15) is 0 Å².